The van der Waals surface area contributed by atoms with Crippen molar-refractivity contribution in [2.45, 2.75) is 18.8 Å². The molecule has 1 saturated heterocycles. The molecule has 1 fully saturated rings. The van der Waals surface area contributed by atoms with Crippen molar-refractivity contribution in [3.8, 4) is 5.75 Å². The van der Waals surface area contributed by atoms with Crippen molar-refractivity contribution in [2.24, 2.45) is 11.7 Å². The summed E-state index contributed by atoms with van der Waals surface area (Å²) in [6, 6.07) is 8.22. The molecule has 2 N–H and O–H groups in total. The molecule has 0 saturated carbocycles. The van der Waals surface area contributed by atoms with Crippen LogP contribution in [0.25, 0.3) is 0 Å². The Morgan fingerprint density at radius 2 is 2.41 bits per heavy atom. The minimum absolute atomic E-state index is 0.380. The van der Waals surface area contributed by atoms with E-state index < -0.39 is 0 Å². The Balaban J connectivity index is 2.15. The Bertz CT molecular complexity index is 348. The third-order valence-electron chi connectivity index (χ3n) is 3.54. The fourth-order valence-electron chi connectivity index (χ4n) is 2.56. The largest absolute Gasteiger partial charge is 0.497 e. The molecular formula is C14H21NO2. The molecule has 0 aliphatic carbocycles. The van der Waals surface area contributed by atoms with Gasteiger partial charge in [0.25, 0.3) is 0 Å². The summed E-state index contributed by atoms with van der Waals surface area (Å²) in [4.78, 5) is 0. The second kappa shape index (κ2) is 6.03. The fraction of sp³-hybridized carbons (Fsp3) is 0.571. The van der Waals surface area contributed by atoms with E-state index in [1.54, 1.807) is 7.11 Å². The molecule has 1 aliphatic heterocycles. The normalized spacial score (nSPS) is 22.1. The molecule has 0 radical (unpaired) electrons. The van der Waals surface area contributed by atoms with Crippen molar-refractivity contribution >= 4 is 0 Å². The van der Waals surface area contributed by atoms with Gasteiger partial charge in [-0.15, -0.1) is 0 Å². The lowest BCUT2D eigenvalue weighted by atomic mass is 9.83. The van der Waals surface area contributed by atoms with E-state index in [1.165, 1.54) is 12.0 Å². The molecule has 0 bridgehead atoms. The molecule has 0 amide bonds. The number of methoxy groups -OCH3 is 1. The first-order valence-electron chi connectivity index (χ1n) is 6.27. The maximum Gasteiger partial charge on any atom is 0.119 e. The van der Waals surface area contributed by atoms with E-state index in [0.29, 0.717) is 18.4 Å². The van der Waals surface area contributed by atoms with Crippen LogP contribution in [-0.4, -0.2) is 26.9 Å². The molecular weight excluding hydrogens is 214 g/mol. The Labute approximate surface area is 103 Å². The SMILES string of the molecule is COc1cccc(C(CN)C2CCCOC2)c1. The molecule has 3 nitrogen and oxygen atoms in total. The summed E-state index contributed by atoms with van der Waals surface area (Å²) < 4.78 is 10.8. The van der Waals surface area contributed by atoms with E-state index in [2.05, 4.69) is 12.1 Å². The number of hydrogen-bond donors (Lipinski definition) is 1. The van der Waals surface area contributed by atoms with Crippen molar-refractivity contribution in [2.75, 3.05) is 26.9 Å². The first-order chi connectivity index (χ1) is 8.35. The van der Waals surface area contributed by atoms with Gasteiger partial charge in [-0.3, -0.25) is 0 Å². The summed E-state index contributed by atoms with van der Waals surface area (Å²) in [5.41, 5.74) is 7.20. The van der Waals surface area contributed by atoms with Crippen LogP contribution in [0.5, 0.6) is 5.75 Å². The van der Waals surface area contributed by atoms with E-state index in [0.717, 1.165) is 25.4 Å². The molecule has 2 atom stereocenters. The number of ether oxygens (including phenoxy) is 2. The number of rotatable bonds is 4. The van der Waals surface area contributed by atoms with Gasteiger partial charge in [-0.2, -0.15) is 0 Å². The van der Waals surface area contributed by atoms with Crippen molar-refractivity contribution < 1.29 is 9.47 Å². The Morgan fingerprint density at radius 3 is 3.06 bits per heavy atom. The predicted molar refractivity (Wildman–Crippen MR) is 68.3 cm³/mol. The summed E-state index contributed by atoms with van der Waals surface area (Å²) in [6.07, 6.45) is 2.35. The second-order valence-corrected chi connectivity index (χ2v) is 4.60. The van der Waals surface area contributed by atoms with Crippen molar-refractivity contribution in [1.82, 2.24) is 0 Å². The summed E-state index contributed by atoms with van der Waals surface area (Å²) >= 11 is 0. The predicted octanol–water partition coefficient (Wildman–Crippen LogP) is 2.16. The van der Waals surface area contributed by atoms with Gasteiger partial charge < -0.3 is 15.2 Å². The highest BCUT2D eigenvalue weighted by Gasteiger charge is 2.24. The molecule has 3 heteroatoms. The van der Waals surface area contributed by atoms with Crippen LogP contribution in [0.3, 0.4) is 0 Å². The zero-order chi connectivity index (χ0) is 12.1. The van der Waals surface area contributed by atoms with Crippen LogP contribution in [0.4, 0.5) is 0 Å². The number of benzene rings is 1. The molecule has 1 aromatic rings. The zero-order valence-electron chi connectivity index (χ0n) is 10.4. The van der Waals surface area contributed by atoms with Gasteiger partial charge in [-0.05, 0) is 43.0 Å². The quantitative estimate of drug-likeness (QED) is 0.869. The molecule has 0 aromatic heterocycles. The highest BCUT2D eigenvalue weighted by atomic mass is 16.5. The van der Waals surface area contributed by atoms with E-state index in [1.807, 2.05) is 12.1 Å². The van der Waals surface area contributed by atoms with E-state index in [-0.39, 0.29) is 0 Å². The standard InChI is InChI=1S/C14H21NO2/c1-16-13-6-2-4-11(8-13)14(9-15)12-5-3-7-17-10-12/h2,4,6,8,12,14H,3,5,7,9-10,15H2,1H3. The van der Waals surface area contributed by atoms with Gasteiger partial charge >= 0.3 is 0 Å². The maximum absolute atomic E-state index is 5.93. The Hall–Kier alpha value is -1.06. The topological polar surface area (TPSA) is 44.5 Å². The molecule has 1 aliphatic rings. The average molecular weight is 235 g/mol. The first kappa shape index (κ1) is 12.4. The molecule has 2 unspecified atom stereocenters. The van der Waals surface area contributed by atoms with Crippen LogP contribution in [0.1, 0.15) is 24.3 Å². The zero-order valence-corrected chi connectivity index (χ0v) is 10.4. The number of nitrogens with two attached hydrogens (primary N) is 1. The van der Waals surface area contributed by atoms with Gasteiger partial charge in [-0.25, -0.2) is 0 Å². The van der Waals surface area contributed by atoms with Gasteiger partial charge in [0.05, 0.1) is 13.7 Å². The van der Waals surface area contributed by atoms with Gasteiger partial charge in [0.1, 0.15) is 5.75 Å². The molecule has 94 valence electrons. The number of hydrogen-bond acceptors (Lipinski definition) is 3. The molecule has 1 aromatic carbocycles. The third-order valence-corrected chi connectivity index (χ3v) is 3.54. The van der Waals surface area contributed by atoms with Gasteiger partial charge in [0, 0.05) is 12.5 Å². The lowest BCUT2D eigenvalue weighted by molar-refractivity contribution is 0.0450. The van der Waals surface area contributed by atoms with Crippen LogP contribution in [0, 0.1) is 5.92 Å². The minimum Gasteiger partial charge on any atom is -0.497 e. The van der Waals surface area contributed by atoms with Gasteiger partial charge in [-0.1, -0.05) is 12.1 Å². The van der Waals surface area contributed by atoms with Crippen molar-refractivity contribution in [3.05, 3.63) is 29.8 Å². The van der Waals surface area contributed by atoms with Crippen LogP contribution in [-0.2, 0) is 4.74 Å². The first-order valence-corrected chi connectivity index (χ1v) is 6.27. The van der Waals surface area contributed by atoms with Gasteiger partial charge in [0.2, 0.25) is 0 Å². The van der Waals surface area contributed by atoms with E-state index >= 15 is 0 Å². The lowest BCUT2D eigenvalue weighted by Gasteiger charge is -2.29. The second-order valence-electron chi connectivity index (χ2n) is 4.60. The molecule has 0 spiro atoms. The Morgan fingerprint density at radius 1 is 1.53 bits per heavy atom. The van der Waals surface area contributed by atoms with Crippen LogP contribution >= 0.6 is 0 Å². The smallest absolute Gasteiger partial charge is 0.119 e. The lowest BCUT2D eigenvalue weighted by Crippen LogP contribution is -2.28. The summed E-state index contributed by atoms with van der Waals surface area (Å²) in [5, 5.41) is 0. The van der Waals surface area contributed by atoms with Crippen molar-refractivity contribution in [3.63, 3.8) is 0 Å². The van der Waals surface area contributed by atoms with Crippen LogP contribution in [0.2, 0.25) is 0 Å². The summed E-state index contributed by atoms with van der Waals surface area (Å²) in [5.74, 6) is 1.82. The van der Waals surface area contributed by atoms with E-state index in [9.17, 15) is 0 Å². The highest BCUT2D eigenvalue weighted by Crippen LogP contribution is 2.31. The Kier molecular flexibility index (Phi) is 4.40. The highest BCUT2D eigenvalue weighted by molar-refractivity contribution is 5.31. The minimum atomic E-state index is 0.380. The van der Waals surface area contributed by atoms with Crippen LogP contribution < -0.4 is 10.5 Å². The van der Waals surface area contributed by atoms with Crippen molar-refractivity contribution in [1.29, 1.82) is 0 Å². The summed E-state index contributed by atoms with van der Waals surface area (Å²) in [7, 11) is 1.69. The molecule has 17 heavy (non-hydrogen) atoms. The average Bonchev–Trinajstić information content (AvgIpc) is 2.41. The third kappa shape index (κ3) is 2.99. The van der Waals surface area contributed by atoms with Crippen LogP contribution in [0.15, 0.2) is 24.3 Å². The van der Waals surface area contributed by atoms with E-state index in [4.69, 9.17) is 15.2 Å². The maximum atomic E-state index is 5.93. The molecule has 1 heterocycles. The molecule has 2 rings (SSSR count). The monoisotopic (exact) mass is 235 g/mol. The van der Waals surface area contributed by atoms with Gasteiger partial charge in [0.15, 0.2) is 0 Å². The summed E-state index contributed by atoms with van der Waals surface area (Å²) in [6.45, 7) is 2.40. The fourth-order valence-corrected chi connectivity index (χ4v) is 2.56.